The van der Waals surface area contributed by atoms with Crippen molar-refractivity contribution >= 4 is 17.5 Å². The van der Waals surface area contributed by atoms with Crippen LogP contribution in [-0.2, 0) is 22.3 Å². The quantitative estimate of drug-likeness (QED) is 0.907. The fraction of sp³-hybridized carbons (Fsp3) is 0.263. The molecule has 4 nitrogen and oxygen atoms in total. The Morgan fingerprint density at radius 2 is 1.73 bits per heavy atom. The monoisotopic (exact) mass is 362 g/mol. The summed E-state index contributed by atoms with van der Waals surface area (Å²) in [6.45, 7) is 0.523. The van der Waals surface area contributed by atoms with Crippen LogP contribution >= 0.6 is 0 Å². The largest absolute Gasteiger partial charge is 0.416 e. The fourth-order valence-electron chi connectivity index (χ4n) is 2.89. The molecule has 0 aliphatic carbocycles. The standard InChI is InChI=1S/C19H17F3N2O2/c20-19(21,22)15-6-8-16(9-7-15)24-12-14(10-17(24)25)18(26)23-11-13-4-2-1-3-5-13/h1-9,14H,10-12H2,(H,23,26). The number of rotatable bonds is 4. The summed E-state index contributed by atoms with van der Waals surface area (Å²) in [6, 6.07) is 13.8. The molecule has 1 atom stereocenters. The van der Waals surface area contributed by atoms with Gasteiger partial charge in [0.1, 0.15) is 0 Å². The maximum atomic E-state index is 12.6. The molecule has 0 aromatic heterocycles. The third-order valence-corrected chi connectivity index (χ3v) is 4.31. The fourth-order valence-corrected chi connectivity index (χ4v) is 2.89. The Balaban J connectivity index is 1.62. The van der Waals surface area contributed by atoms with Crippen LogP contribution in [0.5, 0.6) is 0 Å². The zero-order valence-corrected chi connectivity index (χ0v) is 13.8. The van der Waals surface area contributed by atoms with Crippen LogP contribution in [0.15, 0.2) is 54.6 Å². The van der Waals surface area contributed by atoms with E-state index in [-0.39, 0.29) is 24.8 Å². The maximum absolute atomic E-state index is 12.6. The van der Waals surface area contributed by atoms with E-state index in [9.17, 15) is 22.8 Å². The summed E-state index contributed by atoms with van der Waals surface area (Å²) in [5.41, 5.74) is 0.538. The Kier molecular flexibility index (Phi) is 4.97. The van der Waals surface area contributed by atoms with Gasteiger partial charge in [0, 0.05) is 25.2 Å². The number of halogens is 3. The van der Waals surface area contributed by atoms with Gasteiger partial charge in [-0.15, -0.1) is 0 Å². The minimum absolute atomic E-state index is 0.0433. The number of hydrogen-bond acceptors (Lipinski definition) is 2. The molecule has 0 saturated carbocycles. The normalized spacial score (nSPS) is 17.4. The third-order valence-electron chi connectivity index (χ3n) is 4.31. The lowest BCUT2D eigenvalue weighted by Crippen LogP contribution is -2.32. The maximum Gasteiger partial charge on any atom is 0.416 e. The number of nitrogens with one attached hydrogen (secondary N) is 1. The lowest BCUT2D eigenvalue weighted by atomic mass is 10.1. The van der Waals surface area contributed by atoms with Gasteiger partial charge in [-0.05, 0) is 29.8 Å². The first kappa shape index (κ1) is 18.0. The number of benzene rings is 2. The molecule has 1 saturated heterocycles. The van der Waals surface area contributed by atoms with Gasteiger partial charge in [-0.1, -0.05) is 30.3 Å². The van der Waals surface area contributed by atoms with Gasteiger partial charge in [0.15, 0.2) is 0 Å². The van der Waals surface area contributed by atoms with Crippen molar-refractivity contribution < 1.29 is 22.8 Å². The van der Waals surface area contributed by atoms with E-state index in [1.54, 1.807) is 0 Å². The second kappa shape index (κ2) is 7.19. The van der Waals surface area contributed by atoms with Crippen molar-refractivity contribution in [3.05, 3.63) is 65.7 Å². The summed E-state index contributed by atoms with van der Waals surface area (Å²) in [7, 11) is 0. The van der Waals surface area contributed by atoms with Crippen molar-refractivity contribution in [1.29, 1.82) is 0 Å². The molecule has 1 aliphatic rings. The van der Waals surface area contributed by atoms with E-state index in [2.05, 4.69) is 5.32 Å². The molecule has 136 valence electrons. The molecule has 0 radical (unpaired) electrons. The molecule has 1 heterocycles. The van der Waals surface area contributed by atoms with E-state index >= 15 is 0 Å². The van der Waals surface area contributed by atoms with Crippen molar-refractivity contribution in [2.75, 3.05) is 11.4 Å². The minimum atomic E-state index is -4.42. The molecule has 1 aliphatic heterocycles. The topological polar surface area (TPSA) is 49.4 Å². The first-order chi connectivity index (χ1) is 12.3. The van der Waals surface area contributed by atoms with E-state index in [4.69, 9.17) is 0 Å². The van der Waals surface area contributed by atoms with E-state index < -0.39 is 17.7 Å². The van der Waals surface area contributed by atoms with Crippen LogP contribution in [0.1, 0.15) is 17.5 Å². The molecule has 2 aromatic rings. The van der Waals surface area contributed by atoms with E-state index in [1.165, 1.54) is 17.0 Å². The Hall–Kier alpha value is -2.83. The molecular weight excluding hydrogens is 345 g/mol. The van der Waals surface area contributed by atoms with Gasteiger partial charge in [0.25, 0.3) is 0 Å². The number of nitrogens with zero attached hydrogens (tertiary/aromatic N) is 1. The van der Waals surface area contributed by atoms with Crippen LogP contribution < -0.4 is 10.2 Å². The highest BCUT2D eigenvalue weighted by Crippen LogP contribution is 2.32. The summed E-state index contributed by atoms with van der Waals surface area (Å²) in [6.07, 6.45) is -4.38. The molecule has 1 fully saturated rings. The van der Waals surface area contributed by atoms with Gasteiger partial charge >= 0.3 is 6.18 Å². The molecule has 1 N–H and O–H groups in total. The number of carbonyl (C=O) groups is 2. The second-order valence-corrected chi connectivity index (χ2v) is 6.15. The van der Waals surface area contributed by atoms with E-state index in [0.29, 0.717) is 12.2 Å². The summed E-state index contributed by atoms with van der Waals surface area (Å²) >= 11 is 0. The van der Waals surface area contributed by atoms with Gasteiger partial charge in [-0.2, -0.15) is 13.2 Å². The molecule has 3 rings (SSSR count). The van der Waals surface area contributed by atoms with Gasteiger partial charge in [-0.25, -0.2) is 0 Å². The Morgan fingerprint density at radius 1 is 1.08 bits per heavy atom. The number of hydrogen-bond donors (Lipinski definition) is 1. The van der Waals surface area contributed by atoms with Crippen LogP contribution in [0.4, 0.5) is 18.9 Å². The Labute approximate surface area is 148 Å². The lowest BCUT2D eigenvalue weighted by Gasteiger charge is -2.17. The van der Waals surface area contributed by atoms with Crippen LogP contribution in [0.2, 0.25) is 0 Å². The predicted octanol–water partition coefficient (Wildman–Crippen LogP) is 3.37. The Morgan fingerprint density at radius 3 is 2.35 bits per heavy atom. The zero-order chi connectivity index (χ0) is 18.7. The smallest absolute Gasteiger partial charge is 0.352 e. The average molecular weight is 362 g/mol. The van der Waals surface area contributed by atoms with Crippen LogP contribution in [0, 0.1) is 5.92 Å². The molecule has 0 bridgehead atoms. The second-order valence-electron chi connectivity index (χ2n) is 6.15. The average Bonchev–Trinajstić information content (AvgIpc) is 3.02. The summed E-state index contributed by atoms with van der Waals surface area (Å²) in [4.78, 5) is 25.8. The van der Waals surface area contributed by atoms with Gasteiger partial charge < -0.3 is 10.2 Å². The van der Waals surface area contributed by atoms with Crippen molar-refractivity contribution in [1.82, 2.24) is 5.32 Å². The highest BCUT2D eigenvalue weighted by Gasteiger charge is 2.36. The van der Waals surface area contributed by atoms with Crippen molar-refractivity contribution in [3.8, 4) is 0 Å². The van der Waals surface area contributed by atoms with Gasteiger partial charge in [0.05, 0.1) is 11.5 Å². The Bertz CT molecular complexity index is 789. The summed E-state index contributed by atoms with van der Waals surface area (Å²) < 4.78 is 37.9. The minimum Gasteiger partial charge on any atom is -0.352 e. The number of alkyl halides is 3. The number of amides is 2. The van der Waals surface area contributed by atoms with Crippen LogP contribution in [-0.4, -0.2) is 18.4 Å². The number of carbonyl (C=O) groups excluding carboxylic acids is 2. The van der Waals surface area contributed by atoms with Crippen LogP contribution in [0.25, 0.3) is 0 Å². The van der Waals surface area contributed by atoms with Crippen molar-refractivity contribution in [2.45, 2.75) is 19.1 Å². The van der Waals surface area contributed by atoms with Crippen molar-refractivity contribution in [2.24, 2.45) is 5.92 Å². The SMILES string of the molecule is O=C(NCc1ccccc1)C1CC(=O)N(c2ccc(C(F)(F)F)cc2)C1. The summed E-state index contributed by atoms with van der Waals surface area (Å²) in [5.74, 6) is -1.03. The van der Waals surface area contributed by atoms with E-state index in [1.807, 2.05) is 30.3 Å². The predicted molar refractivity (Wildman–Crippen MR) is 90.2 cm³/mol. The highest BCUT2D eigenvalue weighted by molar-refractivity contribution is 6.00. The van der Waals surface area contributed by atoms with E-state index in [0.717, 1.165) is 17.7 Å². The molecule has 2 aromatic carbocycles. The molecular formula is C19H17F3N2O2. The molecule has 26 heavy (non-hydrogen) atoms. The number of anilines is 1. The highest BCUT2D eigenvalue weighted by atomic mass is 19.4. The van der Waals surface area contributed by atoms with Crippen molar-refractivity contribution in [3.63, 3.8) is 0 Å². The third kappa shape index (κ3) is 4.04. The lowest BCUT2D eigenvalue weighted by molar-refractivity contribution is -0.137. The first-order valence-electron chi connectivity index (χ1n) is 8.14. The first-order valence-corrected chi connectivity index (χ1v) is 8.14. The zero-order valence-electron chi connectivity index (χ0n) is 13.8. The van der Waals surface area contributed by atoms with Gasteiger partial charge in [0.2, 0.25) is 11.8 Å². The van der Waals surface area contributed by atoms with Gasteiger partial charge in [-0.3, -0.25) is 9.59 Å². The molecule has 0 spiro atoms. The molecule has 2 amide bonds. The van der Waals surface area contributed by atoms with Crippen LogP contribution in [0.3, 0.4) is 0 Å². The molecule has 7 heteroatoms. The molecule has 1 unspecified atom stereocenters. The summed E-state index contributed by atoms with van der Waals surface area (Å²) in [5, 5.41) is 2.80.